The van der Waals surface area contributed by atoms with Crippen LogP contribution in [0.15, 0.2) is 29.7 Å². The van der Waals surface area contributed by atoms with Crippen LogP contribution in [-0.4, -0.2) is 19.0 Å². The maximum atomic E-state index is 4.38. The summed E-state index contributed by atoms with van der Waals surface area (Å²) in [5, 5.41) is 0. The van der Waals surface area contributed by atoms with E-state index in [0.717, 1.165) is 17.0 Å². The fourth-order valence-corrected chi connectivity index (χ4v) is 1.56. The zero-order valence-electron chi connectivity index (χ0n) is 8.12. The van der Waals surface area contributed by atoms with E-state index in [0.29, 0.717) is 0 Å². The van der Waals surface area contributed by atoms with Gasteiger partial charge in [-0.25, -0.2) is 0 Å². The molecule has 0 aliphatic heterocycles. The average Bonchev–Trinajstić information content (AvgIpc) is 2.03. The lowest BCUT2D eigenvalue weighted by molar-refractivity contribution is 0.402. The number of benzene rings is 1. The predicted octanol–water partition coefficient (Wildman–Crippen LogP) is 2.68. The lowest BCUT2D eigenvalue weighted by atomic mass is 10.1. The molecule has 0 aliphatic rings. The number of nitrogens with zero attached hydrogens (tertiary/aromatic N) is 1. The minimum absolute atomic E-state index is 0.949. The van der Waals surface area contributed by atoms with Gasteiger partial charge >= 0.3 is 0 Å². The molecule has 0 aromatic heterocycles. The molecule has 2 heteroatoms. The minimum Gasteiger partial charge on any atom is -0.305 e. The first-order valence-corrected chi connectivity index (χ1v) is 4.67. The fourth-order valence-electron chi connectivity index (χ4n) is 1.23. The van der Waals surface area contributed by atoms with E-state index >= 15 is 0 Å². The van der Waals surface area contributed by atoms with Crippen LogP contribution in [0.3, 0.4) is 0 Å². The molecule has 0 N–H and O–H groups in total. The van der Waals surface area contributed by atoms with Crippen molar-refractivity contribution < 1.29 is 0 Å². The van der Waals surface area contributed by atoms with Crippen molar-refractivity contribution in [3.63, 3.8) is 0 Å². The second-order valence-corrected chi connectivity index (χ2v) is 3.82. The van der Waals surface area contributed by atoms with E-state index in [2.05, 4.69) is 50.3 Å². The Morgan fingerprint density at radius 3 is 2.62 bits per heavy atom. The Kier molecular flexibility index (Phi) is 3.58. The van der Waals surface area contributed by atoms with Crippen molar-refractivity contribution in [3.05, 3.63) is 35.9 Å². The predicted molar refractivity (Wildman–Crippen MR) is 61.2 cm³/mol. The monoisotopic (exact) mass is 193 g/mol. The summed E-state index contributed by atoms with van der Waals surface area (Å²) in [4.78, 5) is 3.13. The molecule has 0 spiro atoms. The Hall–Kier alpha value is -0.730. The van der Waals surface area contributed by atoms with Crippen LogP contribution in [0.5, 0.6) is 0 Å². The summed E-state index contributed by atoms with van der Waals surface area (Å²) in [6.45, 7) is 4.67. The summed E-state index contributed by atoms with van der Waals surface area (Å²) in [7, 11) is 4.11. The van der Waals surface area contributed by atoms with Crippen molar-refractivity contribution in [3.8, 4) is 0 Å². The van der Waals surface area contributed by atoms with Gasteiger partial charge in [0.15, 0.2) is 0 Å². The van der Waals surface area contributed by atoms with Crippen LogP contribution in [0.4, 0.5) is 0 Å². The molecule has 0 unspecified atom stereocenters. The van der Waals surface area contributed by atoms with E-state index in [-0.39, 0.29) is 0 Å². The second kappa shape index (κ2) is 4.49. The molecule has 0 radical (unpaired) electrons. The van der Waals surface area contributed by atoms with Gasteiger partial charge in [0.25, 0.3) is 0 Å². The van der Waals surface area contributed by atoms with Gasteiger partial charge in [0.05, 0.1) is 0 Å². The van der Waals surface area contributed by atoms with Gasteiger partial charge in [-0.15, -0.1) is 12.6 Å². The van der Waals surface area contributed by atoms with E-state index in [1.807, 2.05) is 12.1 Å². The molecule has 1 aromatic rings. The average molecular weight is 193 g/mol. The summed E-state index contributed by atoms with van der Waals surface area (Å²) >= 11 is 4.38. The number of thiol groups is 1. The maximum Gasteiger partial charge on any atom is 0.0228 e. The lowest BCUT2D eigenvalue weighted by Gasteiger charge is -2.10. The first-order chi connectivity index (χ1) is 6.13. The molecule has 13 heavy (non-hydrogen) atoms. The molecule has 0 bridgehead atoms. The van der Waals surface area contributed by atoms with Crippen molar-refractivity contribution in [2.45, 2.75) is 11.4 Å². The Balaban J connectivity index is 2.89. The smallest absolute Gasteiger partial charge is 0.0228 e. The highest BCUT2D eigenvalue weighted by atomic mass is 32.1. The summed E-state index contributed by atoms with van der Waals surface area (Å²) in [5.74, 6) is 0. The van der Waals surface area contributed by atoms with Gasteiger partial charge in [0.2, 0.25) is 0 Å². The molecule has 0 heterocycles. The third-order valence-electron chi connectivity index (χ3n) is 1.81. The standard InChI is InChI=1S/C11H15NS/c1-4-10-6-5-9(7-11(10)13)8-12(2)3/h4-7,13H,1,8H2,2-3H3. The highest BCUT2D eigenvalue weighted by Crippen LogP contribution is 2.17. The molecule has 1 aromatic carbocycles. The largest absolute Gasteiger partial charge is 0.305 e. The topological polar surface area (TPSA) is 3.24 Å². The van der Waals surface area contributed by atoms with Crippen LogP contribution in [0, 0.1) is 0 Å². The third kappa shape index (κ3) is 2.90. The first-order valence-electron chi connectivity index (χ1n) is 4.22. The molecule has 1 nitrogen and oxygen atoms in total. The fraction of sp³-hybridized carbons (Fsp3) is 0.273. The Morgan fingerprint density at radius 2 is 2.15 bits per heavy atom. The number of hydrogen-bond acceptors (Lipinski definition) is 2. The van der Waals surface area contributed by atoms with Crippen LogP contribution in [-0.2, 0) is 6.54 Å². The molecule has 0 fully saturated rings. The third-order valence-corrected chi connectivity index (χ3v) is 2.20. The molecule has 0 saturated heterocycles. The SMILES string of the molecule is C=Cc1ccc(CN(C)C)cc1S. The molecule has 70 valence electrons. The van der Waals surface area contributed by atoms with E-state index in [1.165, 1.54) is 5.56 Å². The highest BCUT2D eigenvalue weighted by Gasteiger charge is 1.98. The van der Waals surface area contributed by atoms with E-state index < -0.39 is 0 Å². The van der Waals surface area contributed by atoms with E-state index in [9.17, 15) is 0 Å². The van der Waals surface area contributed by atoms with Crippen LogP contribution >= 0.6 is 12.6 Å². The Bertz CT molecular complexity index is 305. The van der Waals surface area contributed by atoms with Gasteiger partial charge in [-0.3, -0.25) is 0 Å². The van der Waals surface area contributed by atoms with Gasteiger partial charge in [-0.2, -0.15) is 0 Å². The molecule has 1 rings (SSSR count). The van der Waals surface area contributed by atoms with Gasteiger partial charge in [0, 0.05) is 11.4 Å². The molecule has 0 aliphatic carbocycles. The van der Waals surface area contributed by atoms with Crippen molar-refractivity contribution in [2.24, 2.45) is 0 Å². The minimum atomic E-state index is 0.949. The van der Waals surface area contributed by atoms with Crippen molar-refractivity contribution in [1.82, 2.24) is 4.90 Å². The van der Waals surface area contributed by atoms with Gasteiger partial charge < -0.3 is 4.90 Å². The molecular formula is C11H15NS. The van der Waals surface area contributed by atoms with Gasteiger partial charge in [0.1, 0.15) is 0 Å². The highest BCUT2D eigenvalue weighted by molar-refractivity contribution is 7.80. The summed E-state index contributed by atoms with van der Waals surface area (Å²) < 4.78 is 0. The number of hydrogen-bond donors (Lipinski definition) is 1. The van der Waals surface area contributed by atoms with Crippen molar-refractivity contribution >= 4 is 18.7 Å². The quantitative estimate of drug-likeness (QED) is 0.722. The van der Waals surface area contributed by atoms with Crippen molar-refractivity contribution in [2.75, 3.05) is 14.1 Å². The maximum absolute atomic E-state index is 4.38. The van der Waals surface area contributed by atoms with Crippen LogP contribution in [0.25, 0.3) is 6.08 Å². The molecule has 0 saturated carbocycles. The van der Waals surface area contributed by atoms with Gasteiger partial charge in [-0.05, 0) is 31.3 Å². The second-order valence-electron chi connectivity index (χ2n) is 3.34. The van der Waals surface area contributed by atoms with E-state index in [1.54, 1.807) is 0 Å². The van der Waals surface area contributed by atoms with Crippen LogP contribution < -0.4 is 0 Å². The number of rotatable bonds is 3. The molecule has 0 atom stereocenters. The van der Waals surface area contributed by atoms with Crippen LogP contribution in [0.1, 0.15) is 11.1 Å². The molecule has 0 amide bonds. The Morgan fingerprint density at radius 1 is 1.46 bits per heavy atom. The lowest BCUT2D eigenvalue weighted by Crippen LogP contribution is -2.10. The summed E-state index contributed by atoms with van der Waals surface area (Å²) in [6, 6.07) is 6.24. The zero-order valence-corrected chi connectivity index (χ0v) is 9.01. The summed E-state index contributed by atoms with van der Waals surface area (Å²) in [6.07, 6.45) is 1.82. The van der Waals surface area contributed by atoms with E-state index in [4.69, 9.17) is 0 Å². The first kappa shape index (κ1) is 10.4. The molecular weight excluding hydrogens is 178 g/mol. The van der Waals surface area contributed by atoms with Gasteiger partial charge in [-0.1, -0.05) is 24.8 Å². The van der Waals surface area contributed by atoms with Crippen LogP contribution in [0.2, 0.25) is 0 Å². The normalized spacial score (nSPS) is 10.5. The summed E-state index contributed by atoms with van der Waals surface area (Å²) in [5.41, 5.74) is 2.37. The Labute approximate surface area is 85.5 Å². The van der Waals surface area contributed by atoms with Crippen molar-refractivity contribution in [1.29, 1.82) is 0 Å². The zero-order chi connectivity index (χ0) is 9.84.